The topological polar surface area (TPSA) is 55.6 Å². The number of tetrazole rings is 1. The van der Waals surface area contributed by atoms with Crippen molar-refractivity contribution in [2.75, 3.05) is 6.54 Å². The van der Waals surface area contributed by atoms with E-state index < -0.39 is 0 Å². The molecule has 18 heavy (non-hydrogen) atoms. The summed E-state index contributed by atoms with van der Waals surface area (Å²) < 4.78 is 1.76. The lowest BCUT2D eigenvalue weighted by atomic mass is 9.73. The van der Waals surface area contributed by atoms with Crippen LogP contribution in [0.5, 0.6) is 0 Å². The van der Waals surface area contributed by atoms with Gasteiger partial charge in [0.05, 0.1) is 0 Å². The summed E-state index contributed by atoms with van der Waals surface area (Å²) in [6.45, 7) is 7.92. The fraction of sp³-hybridized carbons (Fsp3) is 0.917. The van der Waals surface area contributed by atoms with Crippen LogP contribution in [0.3, 0.4) is 0 Å². The maximum Gasteiger partial charge on any atom is 0.209 e. The molecule has 1 aromatic rings. The zero-order chi connectivity index (χ0) is 13.2. The zero-order valence-electron chi connectivity index (χ0n) is 11.7. The van der Waals surface area contributed by atoms with E-state index in [-0.39, 0.29) is 0 Å². The molecule has 0 spiro atoms. The van der Waals surface area contributed by atoms with Gasteiger partial charge in [-0.2, -0.15) is 0 Å². The number of thioether (sulfide) groups is 1. The van der Waals surface area contributed by atoms with Gasteiger partial charge in [0.1, 0.15) is 0 Å². The number of nitrogens with one attached hydrogen (secondary N) is 1. The van der Waals surface area contributed by atoms with Crippen LogP contribution < -0.4 is 5.32 Å². The number of rotatable bonds is 4. The van der Waals surface area contributed by atoms with E-state index in [0.29, 0.717) is 16.7 Å². The SMILES string of the molecule is CCNC1C(Sc2nnnn2C)CCCC1(C)C. The van der Waals surface area contributed by atoms with Crippen molar-refractivity contribution in [3.63, 3.8) is 0 Å². The highest BCUT2D eigenvalue weighted by Gasteiger charge is 2.39. The fourth-order valence-electron chi connectivity index (χ4n) is 2.80. The minimum Gasteiger partial charge on any atom is -0.313 e. The summed E-state index contributed by atoms with van der Waals surface area (Å²) in [5.41, 5.74) is 0.345. The van der Waals surface area contributed by atoms with Gasteiger partial charge in [-0.15, -0.1) is 5.10 Å². The van der Waals surface area contributed by atoms with Crippen LogP contribution in [-0.4, -0.2) is 38.0 Å². The van der Waals surface area contributed by atoms with Gasteiger partial charge in [0.15, 0.2) is 0 Å². The molecular formula is C12H23N5S. The predicted molar refractivity (Wildman–Crippen MR) is 73.5 cm³/mol. The zero-order valence-corrected chi connectivity index (χ0v) is 12.5. The monoisotopic (exact) mass is 269 g/mol. The Labute approximate surface area is 113 Å². The normalized spacial score (nSPS) is 27.3. The van der Waals surface area contributed by atoms with Crippen LogP contribution in [0.25, 0.3) is 0 Å². The van der Waals surface area contributed by atoms with Gasteiger partial charge < -0.3 is 5.32 Å². The molecule has 6 heteroatoms. The van der Waals surface area contributed by atoms with Gasteiger partial charge in [-0.3, -0.25) is 0 Å². The summed E-state index contributed by atoms with van der Waals surface area (Å²) >= 11 is 1.81. The third-order valence-corrected chi connectivity index (χ3v) is 5.15. The Hall–Kier alpha value is -0.620. The van der Waals surface area contributed by atoms with E-state index in [2.05, 4.69) is 41.6 Å². The first-order valence-electron chi connectivity index (χ1n) is 6.67. The van der Waals surface area contributed by atoms with E-state index in [0.717, 1.165) is 11.7 Å². The van der Waals surface area contributed by atoms with Crippen LogP contribution in [0.15, 0.2) is 5.16 Å². The average Bonchev–Trinajstić information content (AvgIpc) is 2.69. The highest BCUT2D eigenvalue weighted by atomic mass is 32.2. The van der Waals surface area contributed by atoms with E-state index in [4.69, 9.17) is 0 Å². The molecule has 0 amide bonds. The molecule has 1 aliphatic carbocycles. The summed E-state index contributed by atoms with van der Waals surface area (Å²) in [5.74, 6) is 0. The van der Waals surface area contributed by atoms with Crippen molar-refractivity contribution in [2.45, 2.75) is 56.5 Å². The van der Waals surface area contributed by atoms with E-state index in [1.807, 2.05) is 18.8 Å². The second-order valence-electron chi connectivity index (χ2n) is 5.66. The molecule has 1 saturated carbocycles. The molecule has 1 N–H and O–H groups in total. The van der Waals surface area contributed by atoms with Crippen LogP contribution in [0.4, 0.5) is 0 Å². The summed E-state index contributed by atoms with van der Waals surface area (Å²) in [6, 6.07) is 0.526. The van der Waals surface area contributed by atoms with E-state index in [9.17, 15) is 0 Å². The maximum absolute atomic E-state index is 4.09. The van der Waals surface area contributed by atoms with Gasteiger partial charge in [0.2, 0.25) is 5.16 Å². The van der Waals surface area contributed by atoms with Crippen molar-refractivity contribution < 1.29 is 0 Å². The first kappa shape index (κ1) is 13.8. The largest absolute Gasteiger partial charge is 0.313 e. The molecule has 0 aromatic carbocycles. The second-order valence-corrected chi connectivity index (χ2v) is 6.86. The lowest BCUT2D eigenvalue weighted by Gasteiger charge is -2.44. The van der Waals surface area contributed by atoms with E-state index in [1.54, 1.807) is 4.68 Å². The van der Waals surface area contributed by atoms with Crippen molar-refractivity contribution in [2.24, 2.45) is 12.5 Å². The molecule has 2 atom stereocenters. The standard InChI is InChI=1S/C12H23N5S/c1-5-13-10-9(7-6-8-12(10,2)3)18-11-14-15-16-17(11)4/h9-10,13H,5-8H2,1-4H3. The highest BCUT2D eigenvalue weighted by molar-refractivity contribution is 7.99. The summed E-state index contributed by atoms with van der Waals surface area (Å²) in [4.78, 5) is 0. The van der Waals surface area contributed by atoms with Gasteiger partial charge in [-0.05, 0) is 35.2 Å². The number of aromatic nitrogens is 4. The minimum atomic E-state index is 0.345. The Kier molecular flexibility index (Phi) is 4.27. The molecule has 102 valence electrons. The van der Waals surface area contributed by atoms with E-state index in [1.165, 1.54) is 19.3 Å². The van der Waals surface area contributed by atoms with Crippen LogP contribution in [0.2, 0.25) is 0 Å². The van der Waals surface area contributed by atoms with Crippen LogP contribution >= 0.6 is 11.8 Å². The highest BCUT2D eigenvalue weighted by Crippen LogP contribution is 2.42. The number of nitrogens with zero attached hydrogens (tertiary/aromatic N) is 4. The average molecular weight is 269 g/mol. The van der Waals surface area contributed by atoms with Crippen LogP contribution in [0, 0.1) is 5.41 Å². The Morgan fingerprint density at radius 1 is 1.50 bits per heavy atom. The molecule has 0 radical (unpaired) electrons. The first-order chi connectivity index (χ1) is 8.54. The molecule has 0 aliphatic heterocycles. The molecule has 2 rings (SSSR count). The molecule has 2 unspecified atom stereocenters. The van der Waals surface area contributed by atoms with Gasteiger partial charge in [0.25, 0.3) is 0 Å². The second kappa shape index (κ2) is 5.57. The van der Waals surface area contributed by atoms with Crippen molar-refractivity contribution in [3.8, 4) is 0 Å². The van der Waals surface area contributed by atoms with Gasteiger partial charge >= 0.3 is 0 Å². The minimum absolute atomic E-state index is 0.345. The molecule has 0 saturated heterocycles. The Morgan fingerprint density at radius 2 is 2.28 bits per heavy atom. The van der Waals surface area contributed by atoms with Gasteiger partial charge in [-0.1, -0.05) is 39.0 Å². The molecule has 1 aliphatic rings. The van der Waals surface area contributed by atoms with Crippen molar-refractivity contribution >= 4 is 11.8 Å². The smallest absolute Gasteiger partial charge is 0.209 e. The van der Waals surface area contributed by atoms with E-state index >= 15 is 0 Å². The summed E-state index contributed by atoms with van der Waals surface area (Å²) in [6.07, 6.45) is 3.81. The molecule has 1 fully saturated rings. The summed E-state index contributed by atoms with van der Waals surface area (Å²) in [5, 5.41) is 16.8. The van der Waals surface area contributed by atoms with Crippen molar-refractivity contribution in [1.29, 1.82) is 0 Å². The number of hydrogen-bond acceptors (Lipinski definition) is 5. The molecule has 5 nitrogen and oxygen atoms in total. The third kappa shape index (κ3) is 2.85. The molecule has 1 heterocycles. The lowest BCUT2D eigenvalue weighted by Crippen LogP contribution is -2.51. The quantitative estimate of drug-likeness (QED) is 0.904. The first-order valence-corrected chi connectivity index (χ1v) is 7.55. The molecule has 0 bridgehead atoms. The van der Waals surface area contributed by atoms with Crippen LogP contribution in [0.1, 0.15) is 40.0 Å². The Morgan fingerprint density at radius 3 is 2.89 bits per heavy atom. The number of aryl methyl sites for hydroxylation is 1. The molecule has 1 aromatic heterocycles. The Bertz CT molecular complexity index is 390. The molecular weight excluding hydrogens is 246 g/mol. The van der Waals surface area contributed by atoms with Crippen molar-refractivity contribution in [1.82, 2.24) is 25.5 Å². The fourth-order valence-corrected chi connectivity index (χ4v) is 4.22. The third-order valence-electron chi connectivity index (χ3n) is 3.79. The lowest BCUT2D eigenvalue weighted by molar-refractivity contribution is 0.176. The van der Waals surface area contributed by atoms with Crippen molar-refractivity contribution in [3.05, 3.63) is 0 Å². The van der Waals surface area contributed by atoms with Crippen LogP contribution in [-0.2, 0) is 7.05 Å². The number of hydrogen-bond donors (Lipinski definition) is 1. The Balaban J connectivity index is 2.12. The van der Waals surface area contributed by atoms with Gasteiger partial charge in [0, 0.05) is 18.3 Å². The van der Waals surface area contributed by atoms with Gasteiger partial charge in [-0.25, -0.2) is 4.68 Å². The summed E-state index contributed by atoms with van der Waals surface area (Å²) in [7, 11) is 1.90. The maximum atomic E-state index is 4.09. The predicted octanol–water partition coefficient (Wildman–Crippen LogP) is 1.86.